The van der Waals surface area contributed by atoms with Gasteiger partial charge in [0.25, 0.3) is 5.91 Å². The first-order valence-corrected chi connectivity index (χ1v) is 11.4. The summed E-state index contributed by atoms with van der Waals surface area (Å²) in [4.78, 5) is 17.7. The van der Waals surface area contributed by atoms with Crippen molar-refractivity contribution >= 4 is 29.1 Å². The van der Waals surface area contributed by atoms with E-state index in [-0.39, 0.29) is 5.91 Å². The number of carbonyl (C=O) groups excluding carboxylic acids is 1. The Morgan fingerprint density at radius 2 is 1.97 bits per heavy atom. The maximum absolute atomic E-state index is 13.3. The van der Waals surface area contributed by atoms with Crippen LogP contribution in [-0.2, 0) is 6.54 Å². The monoisotopic (exact) mass is 448 g/mol. The summed E-state index contributed by atoms with van der Waals surface area (Å²) in [5.74, 6) is 0.736. The molecule has 3 rings (SSSR count). The van der Waals surface area contributed by atoms with Crippen LogP contribution >= 0.6 is 23.2 Å². The lowest BCUT2D eigenvalue weighted by molar-refractivity contribution is 0.0725. The topological polar surface area (TPSA) is 32.8 Å². The number of para-hydroxylation sites is 1. The van der Waals surface area contributed by atoms with Gasteiger partial charge in [0.2, 0.25) is 0 Å². The van der Waals surface area contributed by atoms with Crippen LogP contribution < -0.4 is 4.74 Å². The Bertz CT molecular complexity index is 859. The normalized spacial score (nSPS) is 17.0. The predicted molar refractivity (Wildman–Crippen MR) is 124 cm³/mol. The van der Waals surface area contributed by atoms with Crippen LogP contribution in [0, 0.1) is 0 Å². The van der Waals surface area contributed by atoms with Crippen LogP contribution in [-0.4, -0.2) is 48.5 Å². The van der Waals surface area contributed by atoms with Crippen LogP contribution in [0.5, 0.6) is 5.75 Å². The standard InChI is InChI=1S/C24H30Cl2N2O2/c1-18-8-5-6-13-27(18)14-7-15-28(17-20-9-3-4-10-23(20)30-2)24(29)19-11-12-21(25)22(26)16-19/h3-4,9-12,16,18H,5-8,13-15,17H2,1-2H3. The van der Waals surface area contributed by atoms with Crippen molar-refractivity contribution in [2.75, 3.05) is 26.7 Å². The zero-order valence-corrected chi connectivity index (χ0v) is 19.3. The van der Waals surface area contributed by atoms with Gasteiger partial charge in [0.1, 0.15) is 5.75 Å². The van der Waals surface area contributed by atoms with Gasteiger partial charge in [0, 0.05) is 36.8 Å². The summed E-state index contributed by atoms with van der Waals surface area (Å²) in [5.41, 5.74) is 1.53. The Labute approximate surface area is 189 Å². The lowest BCUT2D eigenvalue weighted by Crippen LogP contribution is -2.40. The summed E-state index contributed by atoms with van der Waals surface area (Å²) >= 11 is 12.2. The van der Waals surface area contributed by atoms with Gasteiger partial charge in [-0.15, -0.1) is 0 Å². The molecule has 30 heavy (non-hydrogen) atoms. The van der Waals surface area contributed by atoms with Crippen molar-refractivity contribution in [1.29, 1.82) is 0 Å². The van der Waals surface area contributed by atoms with E-state index in [1.165, 1.54) is 19.3 Å². The summed E-state index contributed by atoms with van der Waals surface area (Å²) < 4.78 is 5.50. The second-order valence-electron chi connectivity index (χ2n) is 7.90. The van der Waals surface area contributed by atoms with Crippen LogP contribution in [0.3, 0.4) is 0 Å². The van der Waals surface area contributed by atoms with Gasteiger partial charge in [-0.2, -0.15) is 0 Å². The van der Waals surface area contributed by atoms with Crippen LogP contribution in [0.15, 0.2) is 42.5 Å². The average Bonchev–Trinajstić information content (AvgIpc) is 2.76. The first-order chi connectivity index (χ1) is 14.5. The summed E-state index contributed by atoms with van der Waals surface area (Å²) in [7, 11) is 1.65. The Morgan fingerprint density at radius 3 is 2.70 bits per heavy atom. The lowest BCUT2D eigenvalue weighted by atomic mass is 10.0. The second kappa shape index (κ2) is 11.0. The van der Waals surface area contributed by atoms with E-state index in [2.05, 4.69) is 11.8 Å². The average molecular weight is 449 g/mol. The number of ether oxygens (including phenoxy) is 1. The number of nitrogens with zero attached hydrogens (tertiary/aromatic N) is 2. The van der Waals surface area contributed by atoms with E-state index in [4.69, 9.17) is 27.9 Å². The second-order valence-corrected chi connectivity index (χ2v) is 8.72. The van der Waals surface area contributed by atoms with Gasteiger partial charge in [-0.05, 0) is 57.0 Å². The molecule has 1 unspecified atom stereocenters. The minimum atomic E-state index is -0.0498. The maximum Gasteiger partial charge on any atom is 0.254 e. The molecule has 6 heteroatoms. The molecule has 1 saturated heterocycles. The summed E-state index contributed by atoms with van der Waals surface area (Å²) in [6.07, 6.45) is 4.75. The number of piperidine rings is 1. The van der Waals surface area contributed by atoms with Gasteiger partial charge in [-0.25, -0.2) is 0 Å². The highest BCUT2D eigenvalue weighted by Crippen LogP contribution is 2.25. The number of benzene rings is 2. The maximum atomic E-state index is 13.3. The van der Waals surface area contributed by atoms with Crippen molar-refractivity contribution < 1.29 is 9.53 Å². The third kappa shape index (κ3) is 5.90. The number of hydrogen-bond donors (Lipinski definition) is 0. The van der Waals surface area contributed by atoms with E-state index in [0.29, 0.717) is 34.7 Å². The molecule has 1 aliphatic rings. The van der Waals surface area contributed by atoms with Crippen molar-refractivity contribution in [2.24, 2.45) is 0 Å². The van der Waals surface area contributed by atoms with E-state index in [9.17, 15) is 4.79 Å². The fourth-order valence-corrected chi connectivity index (χ4v) is 4.36. The number of halogens is 2. The largest absolute Gasteiger partial charge is 0.496 e. The molecule has 2 aromatic carbocycles. The fourth-order valence-electron chi connectivity index (χ4n) is 4.06. The summed E-state index contributed by atoms with van der Waals surface area (Å²) in [5, 5.41) is 0.838. The number of likely N-dealkylation sites (tertiary alicyclic amines) is 1. The molecule has 162 valence electrons. The van der Waals surface area contributed by atoms with E-state index in [1.807, 2.05) is 29.2 Å². The zero-order chi connectivity index (χ0) is 21.5. The smallest absolute Gasteiger partial charge is 0.254 e. The first kappa shape index (κ1) is 22.9. The van der Waals surface area contributed by atoms with E-state index in [1.54, 1.807) is 25.3 Å². The van der Waals surface area contributed by atoms with Gasteiger partial charge in [-0.1, -0.05) is 47.8 Å². The van der Waals surface area contributed by atoms with Gasteiger partial charge in [0.05, 0.1) is 17.2 Å². The molecule has 4 nitrogen and oxygen atoms in total. The third-order valence-electron chi connectivity index (χ3n) is 5.82. The van der Waals surface area contributed by atoms with E-state index < -0.39 is 0 Å². The van der Waals surface area contributed by atoms with Crippen molar-refractivity contribution in [2.45, 2.75) is 45.2 Å². The number of methoxy groups -OCH3 is 1. The van der Waals surface area contributed by atoms with E-state index >= 15 is 0 Å². The van der Waals surface area contributed by atoms with Gasteiger partial charge < -0.3 is 14.5 Å². The van der Waals surface area contributed by atoms with Crippen molar-refractivity contribution in [3.8, 4) is 5.75 Å². The van der Waals surface area contributed by atoms with Gasteiger partial charge >= 0.3 is 0 Å². The molecule has 1 amide bonds. The Kier molecular flexibility index (Phi) is 8.43. The minimum absolute atomic E-state index is 0.0498. The molecule has 1 atom stereocenters. The first-order valence-electron chi connectivity index (χ1n) is 10.6. The van der Waals surface area contributed by atoms with E-state index in [0.717, 1.165) is 30.8 Å². The van der Waals surface area contributed by atoms with Crippen LogP contribution in [0.2, 0.25) is 10.0 Å². The molecule has 0 N–H and O–H groups in total. The van der Waals surface area contributed by atoms with Gasteiger partial charge in [-0.3, -0.25) is 4.79 Å². The molecule has 2 aromatic rings. The number of carbonyl (C=O) groups is 1. The van der Waals surface area contributed by atoms with Crippen molar-refractivity contribution in [1.82, 2.24) is 9.80 Å². The minimum Gasteiger partial charge on any atom is -0.496 e. The number of rotatable bonds is 8. The molecular formula is C24H30Cl2N2O2. The van der Waals surface area contributed by atoms with Crippen LogP contribution in [0.4, 0.5) is 0 Å². The molecule has 0 aliphatic carbocycles. The Morgan fingerprint density at radius 1 is 1.17 bits per heavy atom. The third-order valence-corrected chi connectivity index (χ3v) is 6.56. The summed E-state index contributed by atoms with van der Waals surface area (Å²) in [6, 6.07) is 13.5. The van der Waals surface area contributed by atoms with Crippen LogP contribution in [0.25, 0.3) is 0 Å². The molecule has 0 spiro atoms. The molecule has 1 aliphatic heterocycles. The SMILES string of the molecule is COc1ccccc1CN(CCCN1CCCCC1C)C(=O)c1ccc(Cl)c(Cl)c1. The molecule has 0 radical (unpaired) electrons. The molecule has 0 aromatic heterocycles. The van der Waals surface area contributed by atoms with Crippen molar-refractivity contribution in [3.05, 3.63) is 63.6 Å². The highest BCUT2D eigenvalue weighted by atomic mass is 35.5. The lowest BCUT2D eigenvalue weighted by Gasteiger charge is -2.34. The number of amides is 1. The molecule has 1 heterocycles. The predicted octanol–water partition coefficient (Wildman–Crippen LogP) is 5.91. The van der Waals surface area contributed by atoms with Gasteiger partial charge in [0.15, 0.2) is 0 Å². The molecule has 0 saturated carbocycles. The Balaban J connectivity index is 1.75. The Hall–Kier alpha value is -1.75. The van der Waals surface area contributed by atoms with Crippen LogP contribution in [0.1, 0.15) is 48.5 Å². The highest BCUT2D eigenvalue weighted by Gasteiger charge is 2.21. The molecular weight excluding hydrogens is 419 g/mol. The quantitative estimate of drug-likeness (QED) is 0.502. The van der Waals surface area contributed by atoms with Crippen molar-refractivity contribution in [3.63, 3.8) is 0 Å². The highest BCUT2D eigenvalue weighted by molar-refractivity contribution is 6.42. The number of hydrogen-bond acceptors (Lipinski definition) is 3. The zero-order valence-electron chi connectivity index (χ0n) is 17.7. The fraction of sp³-hybridized carbons (Fsp3) is 0.458. The summed E-state index contributed by atoms with van der Waals surface area (Å²) in [6.45, 7) is 5.60. The molecule has 1 fully saturated rings. The molecule has 0 bridgehead atoms.